The Bertz CT molecular complexity index is 421. The summed E-state index contributed by atoms with van der Waals surface area (Å²) in [5.74, 6) is -0.267. The molecule has 1 aliphatic carbocycles. The molecular weight excluding hydrogens is 250 g/mol. The Morgan fingerprint density at radius 1 is 1.05 bits per heavy atom. The molecule has 1 aromatic carbocycles. The average Bonchev–Trinajstić information content (AvgIpc) is 2.61. The van der Waals surface area contributed by atoms with Crippen molar-refractivity contribution in [3.63, 3.8) is 0 Å². The molecule has 3 nitrogen and oxygen atoms in total. The van der Waals surface area contributed by atoms with E-state index in [4.69, 9.17) is 4.74 Å². The molecular formula is C17H25NO2. The van der Waals surface area contributed by atoms with Gasteiger partial charge in [0.1, 0.15) is 0 Å². The first kappa shape index (κ1) is 14.9. The zero-order chi connectivity index (χ0) is 14.2. The van der Waals surface area contributed by atoms with Crippen LogP contribution in [0.15, 0.2) is 24.3 Å². The molecule has 20 heavy (non-hydrogen) atoms. The number of para-hydroxylation sites is 1. The van der Waals surface area contributed by atoms with E-state index < -0.39 is 0 Å². The fourth-order valence-corrected chi connectivity index (χ4v) is 2.89. The number of carbonyl (C=O) groups is 1. The minimum absolute atomic E-state index is 0.267. The van der Waals surface area contributed by atoms with E-state index in [1.165, 1.54) is 58.5 Å². The number of carbonyl (C=O) groups excluding carboxylic acids is 1. The SMILES string of the molecule is COC(=O)c1ccccc1NC1CCCCCCCC1. The van der Waals surface area contributed by atoms with E-state index in [1.807, 2.05) is 24.3 Å². The Labute approximate surface area is 121 Å². The van der Waals surface area contributed by atoms with Crippen molar-refractivity contribution < 1.29 is 9.53 Å². The third-order valence-corrected chi connectivity index (χ3v) is 4.05. The highest BCUT2D eigenvalue weighted by molar-refractivity contribution is 5.95. The third kappa shape index (κ3) is 4.26. The van der Waals surface area contributed by atoms with Crippen LogP contribution in [-0.2, 0) is 4.74 Å². The van der Waals surface area contributed by atoms with E-state index in [0.717, 1.165) is 5.69 Å². The van der Waals surface area contributed by atoms with Gasteiger partial charge in [-0.25, -0.2) is 4.79 Å². The molecule has 0 bridgehead atoms. The summed E-state index contributed by atoms with van der Waals surface area (Å²) < 4.78 is 4.85. The lowest BCUT2D eigenvalue weighted by Crippen LogP contribution is -2.21. The number of ether oxygens (including phenoxy) is 1. The summed E-state index contributed by atoms with van der Waals surface area (Å²) in [5.41, 5.74) is 1.54. The second-order valence-electron chi connectivity index (χ2n) is 5.58. The molecule has 1 aliphatic rings. The molecule has 1 aromatic rings. The van der Waals surface area contributed by atoms with Gasteiger partial charge in [-0.05, 0) is 25.0 Å². The minimum Gasteiger partial charge on any atom is -0.465 e. The number of hydrogen-bond acceptors (Lipinski definition) is 3. The van der Waals surface area contributed by atoms with Crippen LogP contribution in [0.3, 0.4) is 0 Å². The molecule has 2 rings (SSSR count). The van der Waals surface area contributed by atoms with Gasteiger partial charge in [-0.1, -0.05) is 50.7 Å². The van der Waals surface area contributed by atoms with Gasteiger partial charge in [-0.3, -0.25) is 0 Å². The lowest BCUT2D eigenvalue weighted by Gasteiger charge is -2.20. The highest BCUT2D eigenvalue weighted by atomic mass is 16.5. The van der Waals surface area contributed by atoms with Crippen LogP contribution in [0.4, 0.5) is 5.69 Å². The summed E-state index contributed by atoms with van der Waals surface area (Å²) in [6.07, 6.45) is 10.3. The van der Waals surface area contributed by atoms with Crippen molar-refractivity contribution in [2.75, 3.05) is 12.4 Å². The number of anilines is 1. The maximum Gasteiger partial charge on any atom is 0.339 e. The zero-order valence-electron chi connectivity index (χ0n) is 12.4. The molecule has 0 saturated heterocycles. The molecule has 0 radical (unpaired) electrons. The van der Waals surface area contributed by atoms with Crippen LogP contribution in [0.1, 0.15) is 61.7 Å². The maximum atomic E-state index is 11.8. The molecule has 0 spiro atoms. The van der Waals surface area contributed by atoms with Gasteiger partial charge < -0.3 is 10.1 Å². The van der Waals surface area contributed by atoms with Gasteiger partial charge in [0, 0.05) is 11.7 Å². The van der Waals surface area contributed by atoms with Crippen molar-refractivity contribution in [2.24, 2.45) is 0 Å². The molecule has 3 heteroatoms. The number of benzene rings is 1. The summed E-state index contributed by atoms with van der Waals surface area (Å²) >= 11 is 0. The quantitative estimate of drug-likeness (QED) is 0.831. The molecule has 0 aromatic heterocycles. The van der Waals surface area contributed by atoms with Gasteiger partial charge in [0.05, 0.1) is 12.7 Å². The van der Waals surface area contributed by atoms with E-state index in [9.17, 15) is 4.79 Å². The number of methoxy groups -OCH3 is 1. The standard InChI is InChI=1S/C17H25NO2/c1-20-17(19)15-12-8-9-13-16(15)18-14-10-6-4-2-3-5-7-11-14/h8-9,12-14,18H,2-7,10-11H2,1H3. The second kappa shape index (κ2) is 7.93. The summed E-state index contributed by atoms with van der Waals surface area (Å²) in [6, 6.07) is 8.10. The molecule has 0 unspecified atom stereocenters. The fourth-order valence-electron chi connectivity index (χ4n) is 2.89. The number of nitrogens with one attached hydrogen (secondary N) is 1. The van der Waals surface area contributed by atoms with Crippen LogP contribution in [0, 0.1) is 0 Å². The Morgan fingerprint density at radius 3 is 2.30 bits per heavy atom. The highest BCUT2D eigenvalue weighted by Crippen LogP contribution is 2.23. The predicted octanol–water partition coefficient (Wildman–Crippen LogP) is 4.39. The van der Waals surface area contributed by atoms with Crippen LogP contribution in [0.25, 0.3) is 0 Å². The Kier molecular flexibility index (Phi) is 5.90. The molecule has 1 N–H and O–H groups in total. The zero-order valence-corrected chi connectivity index (χ0v) is 12.4. The summed E-state index contributed by atoms with van der Waals surface area (Å²) in [4.78, 5) is 11.8. The van der Waals surface area contributed by atoms with Crippen molar-refractivity contribution in [1.82, 2.24) is 0 Å². The van der Waals surface area contributed by atoms with Crippen LogP contribution in [0.5, 0.6) is 0 Å². The van der Waals surface area contributed by atoms with Gasteiger partial charge in [0.15, 0.2) is 0 Å². The Balaban J connectivity index is 2.05. The summed E-state index contributed by atoms with van der Waals surface area (Å²) in [5, 5.41) is 3.56. The molecule has 1 saturated carbocycles. The monoisotopic (exact) mass is 275 g/mol. The summed E-state index contributed by atoms with van der Waals surface area (Å²) in [6.45, 7) is 0. The van der Waals surface area contributed by atoms with Gasteiger partial charge >= 0.3 is 5.97 Å². The van der Waals surface area contributed by atoms with Gasteiger partial charge in [0.2, 0.25) is 0 Å². The number of rotatable bonds is 3. The van der Waals surface area contributed by atoms with E-state index >= 15 is 0 Å². The summed E-state index contributed by atoms with van der Waals surface area (Å²) in [7, 11) is 1.43. The predicted molar refractivity (Wildman–Crippen MR) is 82.1 cm³/mol. The average molecular weight is 275 g/mol. The van der Waals surface area contributed by atoms with Crippen LogP contribution in [-0.4, -0.2) is 19.1 Å². The minimum atomic E-state index is -0.267. The smallest absolute Gasteiger partial charge is 0.339 e. The van der Waals surface area contributed by atoms with Crippen molar-refractivity contribution in [3.8, 4) is 0 Å². The first-order valence-corrected chi connectivity index (χ1v) is 7.75. The molecule has 0 amide bonds. The topological polar surface area (TPSA) is 38.3 Å². The van der Waals surface area contributed by atoms with Crippen molar-refractivity contribution in [2.45, 2.75) is 57.4 Å². The third-order valence-electron chi connectivity index (χ3n) is 4.05. The second-order valence-corrected chi connectivity index (χ2v) is 5.58. The Hall–Kier alpha value is -1.51. The van der Waals surface area contributed by atoms with Gasteiger partial charge in [-0.15, -0.1) is 0 Å². The van der Waals surface area contributed by atoms with Crippen molar-refractivity contribution in [3.05, 3.63) is 29.8 Å². The van der Waals surface area contributed by atoms with E-state index in [2.05, 4.69) is 5.32 Å². The maximum absolute atomic E-state index is 11.8. The van der Waals surface area contributed by atoms with E-state index in [0.29, 0.717) is 11.6 Å². The molecule has 0 heterocycles. The van der Waals surface area contributed by atoms with Crippen LogP contribution in [0.2, 0.25) is 0 Å². The highest BCUT2D eigenvalue weighted by Gasteiger charge is 2.15. The largest absolute Gasteiger partial charge is 0.465 e. The van der Waals surface area contributed by atoms with E-state index in [-0.39, 0.29) is 5.97 Å². The first-order valence-electron chi connectivity index (χ1n) is 7.75. The van der Waals surface area contributed by atoms with E-state index in [1.54, 1.807) is 0 Å². The van der Waals surface area contributed by atoms with Crippen molar-refractivity contribution >= 4 is 11.7 Å². The van der Waals surface area contributed by atoms with Crippen LogP contribution >= 0.6 is 0 Å². The normalized spacial score (nSPS) is 17.6. The van der Waals surface area contributed by atoms with Gasteiger partial charge in [-0.2, -0.15) is 0 Å². The molecule has 1 fully saturated rings. The van der Waals surface area contributed by atoms with Crippen LogP contribution < -0.4 is 5.32 Å². The number of esters is 1. The van der Waals surface area contributed by atoms with Gasteiger partial charge in [0.25, 0.3) is 0 Å². The molecule has 0 atom stereocenters. The number of hydrogen-bond donors (Lipinski definition) is 1. The fraction of sp³-hybridized carbons (Fsp3) is 0.588. The Morgan fingerprint density at radius 2 is 1.65 bits per heavy atom. The lowest BCUT2D eigenvalue weighted by atomic mass is 10.0. The van der Waals surface area contributed by atoms with Crippen molar-refractivity contribution in [1.29, 1.82) is 0 Å². The molecule has 0 aliphatic heterocycles. The molecule has 110 valence electrons. The first-order chi connectivity index (χ1) is 9.81. The lowest BCUT2D eigenvalue weighted by molar-refractivity contribution is 0.0602.